The van der Waals surface area contributed by atoms with Crippen LogP contribution in [-0.4, -0.2) is 28.8 Å². The standard InChI is InChI=1S/C24H17FN2O6/c1-33-19-10-3-5-14(12-19)21-20(22(28)15-6-2-9-18(11-15)27(31)32)23(29)24(30)26(21)17-8-4-7-16(25)13-17/h2-13,21,28H,1H3/b22-20-. The Hall–Kier alpha value is -4.53. The summed E-state index contributed by atoms with van der Waals surface area (Å²) < 4.78 is 19.2. The number of Topliss-reactive ketones (excluding diaryl/α,β-unsaturated/α-hetero) is 1. The van der Waals surface area contributed by atoms with Crippen LogP contribution in [0.25, 0.3) is 5.76 Å². The summed E-state index contributed by atoms with van der Waals surface area (Å²) in [5.74, 6) is -2.73. The van der Waals surface area contributed by atoms with Gasteiger partial charge in [0.25, 0.3) is 17.4 Å². The summed E-state index contributed by atoms with van der Waals surface area (Å²) in [5, 5.41) is 22.2. The lowest BCUT2D eigenvalue weighted by atomic mass is 9.95. The summed E-state index contributed by atoms with van der Waals surface area (Å²) in [6.45, 7) is 0. The molecule has 0 spiro atoms. The van der Waals surface area contributed by atoms with Gasteiger partial charge in [0.1, 0.15) is 17.3 Å². The number of carbonyl (C=O) groups excluding carboxylic acids is 2. The Kier molecular flexibility index (Phi) is 5.61. The molecule has 0 bridgehead atoms. The monoisotopic (exact) mass is 448 g/mol. The van der Waals surface area contributed by atoms with Crippen LogP contribution in [0.1, 0.15) is 17.2 Å². The molecule has 9 heteroatoms. The van der Waals surface area contributed by atoms with Gasteiger partial charge in [-0.3, -0.25) is 24.6 Å². The van der Waals surface area contributed by atoms with Gasteiger partial charge in [0.15, 0.2) is 0 Å². The van der Waals surface area contributed by atoms with Crippen molar-refractivity contribution in [2.75, 3.05) is 12.0 Å². The molecule has 1 amide bonds. The van der Waals surface area contributed by atoms with Gasteiger partial charge in [0, 0.05) is 23.4 Å². The Bertz CT molecular complexity index is 1320. The number of aliphatic hydroxyl groups excluding tert-OH is 1. The lowest BCUT2D eigenvalue weighted by Crippen LogP contribution is -2.29. The average molecular weight is 448 g/mol. The summed E-state index contributed by atoms with van der Waals surface area (Å²) in [6.07, 6.45) is 0. The van der Waals surface area contributed by atoms with E-state index in [0.29, 0.717) is 11.3 Å². The molecule has 1 saturated heterocycles. The van der Waals surface area contributed by atoms with Crippen molar-refractivity contribution in [3.63, 3.8) is 0 Å². The van der Waals surface area contributed by atoms with Crippen LogP contribution in [0.15, 0.2) is 78.4 Å². The first kappa shape index (κ1) is 21.7. The van der Waals surface area contributed by atoms with Crippen molar-refractivity contribution < 1.29 is 28.7 Å². The fourth-order valence-corrected chi connectivity index (χ4v) is 3.77. The van der Waals surface area contributed by atoms with Crippen molar-refractivity contribution in [1.29, 1.82) is 0 Å². The molecule has 0 aromatic heterocycles. The third-order valence-corrected chi connectivity index (χ3v) is 5.27. The van der Waals surface area contributed by atoms with E-state index >= 15 is 0 Å². The number of amides is 1. The highest BCUT2D eigenvalue weighted by molar-refractivity contribution is 6.51. The molecule has 0 aliphatic carbocycles. The van der Waals surface area contributed by atoms with Crippen LogP contribution in [0.2, 0.25) is 0 Å². The molecule has 1 atom stereocenters. The average Bonchev–Trinajstić information content (AvgIpc) is 3.09. The lowest BCUT2D eigenvalue weighted by molar-refractivity contribution is -0.384. The van der Waals surface area contributed by atoms with Crippen molar-refractivity contribution in [2.45, 2.75) is 6.04 Å². The first-order valence-corrected chi connectivity index (χ1v) is 9.77. The minimum absolute atomic E-state index is 0.00524. The molecule has 1 aliphatic rings. The smallest absolute Gasteiger partial charge is 0.300 e. The first-order chi connectivity index (χ1) is 15.8. The third-order valence-electron chi connectivity index (χ3n) is 5.27. The zero-order valence-corrected chi connectivity index (χ0v) is 17.3. The quantitative estimate of drug-likeness (QED) is 0.204. The van der Waals surface area contributed by atoms with Gasteiger partial charge in [0.2, 0.25) is 0 Å². The zero-order chi connectivity index (χ0) is 23.7. The second-order valence-corrected chi connectivity index (χ2v) is 7.23. The van der Waals surface area contributed by atoms with Crippen molar-refractivity contribution in [3.05, 3.63) is 105 Å². The van der Waals surface area contributed by atoms with Gasteiger partial charge in [0.05, 0.1) is 23.6 Å². The van der Waals surface area contributed by atoms with Crippen LogP contribution in [0.5, 0.6) is 5.75 Å². The molecule has 0 saturated carbocycles. The van der Waals surface area contributed by atoms with Gasteiger partial charge in [-0.05, 0) is 35.9 Å². The highest BCUT2D eigenvalue weighted by Gasteiger charge is 2.47. The van der Waals surface area contributed by atoms with E-state index in [2.05, 4.69) is 0 Å². The molecule has 1 aliphatic heterocycles. The largest absolute Gasteiger partial charge is 0.507 e. The van der Waals surface area contributed by atoms with Crippen LogP contribution in [0.4, 0.5) is 15.8 Å². The number of aliphatic hydroxyl groups is 1. The number of nitro groups is 1. The SMILES string of the molecule is COc1cccc(C2/C(=C(/O)c3cccc([N+](=O)[O-])c3)C(=O)C(=O)N2c2cccc(F)c2)c1. The number of ether oxygens (including phenoxy) is 1. The number of hydrogen-bond acceptors (Lipinski definition) is 6. The summed E-state index contributed by atoms with van der Waals surface area (Å²) in [6, 6.07) is 15.7. The minimum atomic E-state index is -1.12. The van der Waals surface area contributed by atoms with E-state index < -0.39 is 34.2 Å². The van der Waals surface area contributed by atoms with E-state index in [1.54, 1.807) is 24.3 Å². The zero-order valence-electron chi connectivity index (χ0n) is 17.3. The number of nitrogens with zero attached hydrogens (tertiary/aromatic N) is 2. The highest BCUT2D eigenvalue weighted by atomic mass is 19.1. The maximum Gasteiger partial charge on any atom is 0.300 e. The molecule has 1 N–H and O–H groups in total. The Morgan fingerprint density at radius 3 is 2.48 bits per heavy atom. The summed E-state index contributed by atoms with van der Waals surface area (Å²) in [4.78, 5) is 37.7. The Labute approximate surface area is 187 Å². The number of halogens is 1. The van der Waals surface area contributed by atoms with Gasteiger partial charge in [-0.25, -0.2) is 4.39 Å². The maximum absolute atomic E-state index is 14.0. The summed E-state index contributed by atoms with van der Waals surface area (Å²) in [5.41, 5.74) is -0.0449. The van der Waals surface area contributed by atoms with Gasteiger partial charge >= 0.3 is 0 Å². The number of ketones is 1. The molecule has 3 aromatic carbocycles. The van der Waals surface area contributed by atoms with E-state index in [1.165, 1.54) is 43.5 Å². The number of nitro benzene ring substituents is 1. The van der Waals surface area contributed by atoms with Crippen LogP contribution < -0.4 is 9.64 Å². The van der Waals surface area contributed by atoms with Gasteiger partial charge in [-0.2, -0.15) is 0 Å². The first-order valence-electron chi connectivity index (χ1n) is 9.77. The van der Waals surface area contributed by atoms with Gasteiger partial charge in [-0.1, -0.05) is 30.3 Å². The predicted molar refractivity (Wildman–Crippen MR) is 117 cm³/mol. The Morgan fingerprint density at radius 1 is 1.06 bits per heavy atom. The van der Waals surface area contributed by atoms with E-state index in [-0.39, 0.29) is 22.5 Å². The molecule has 8 nitrogen and oxygen atoms in total. The number of non-ortho nitro benzene ring substituents is 1. The molecule has 0 radical (unpaired) electrons. The number of carbonyl (C=O) groups is 2. The van der Waals surface area contributed by atoms with Crippen LogP contribution >= 0.6 is 0 Å². The van der Waals surface area contributed by atoms with E-state index in [0.717, 1.165) is 17.0 Å². The second kappa shape index (κ2) is 8.54. The van der Waals surface area contributed by atoms with Crippen LogP contribution in [0, 0.1) is 15.9 Å². The Morgan fingerprint density at radius 2 is 1.79 bits per heavy atom. The molecule has 3 aromatic rings. The fourth-order valence-electron chi connectivity index (χ4n) is 3.77. The molecule has 1 fully saturated rings. The molecule has 4 rings (SSSR count). The van der Waals surface area contributed by atoms with Gasteiger partial charge in [-0.15, -0.1) is 0 Å². The van der Waals surface area contributed by atoms with Crippen molar-refractivity contribution in [3.8, 4) is 5.75 Å². The number of methoxy groups -OCH3 is 1. The van der Waals surface area contributed by atoms with Crippen molar-refractivity contribution in [1.82, 2.24) is 0 Å². The van der Waals surface area contributed by atoms with Crippen LogP contribution in [-0.2, 0) is 9.59 Å². The predicted octanol–water partition coefficient (Wildman–Crippen LogP) is 4.37. The minimum Gasteiger partial charge on any atom is -0.507 e. The van der Waals surface area contributed by atoms with E-state index in [1.807, 2.05) is 0 Å². The fraction of sp³-hybridized carbons (Fsp3) is 0.0833. The van der Waals surface area contributed by atoms with Crippen molar-refractivity contribution in [2.24, 2.45) is 0 Å². The maximum atomic E-state index is 14.0. The number of hydrogen-bond donors (Lipinski definition) is 1. The van der Waals surface area contributed by atoms with Crippen LogP contribution in [0.3, 0.4) is 0 Å². The molecule has 166 valence electrons. The number of benzene rings is 3. The summed E-state index contributed by atoms with van der Waals surface area (Å²) in [7, 11) is 1.45. The third kappa shape index (κ3) is 3.91. The van der Waals surface area contributed by atoms with Gasteiger partial charge < -0.3 is 9.84 Å². The number of rotatable bonds is 5. The number of anilines is 1. The summed E-state index contributed by atoms with van der Waals surface area (Å²) >= 11 is 0. The molecular weight excluding hydrogens is 431 g/mol. The topological polar surface area (TPSA) is 110 Å². The molecule has 1 heterocycles. The molecule has 1 unspecified atom stereocenters. The lowest BCUT2D eigenvalue weighted by Gasteiger charge is -2.25. The second-order valence-electron chi connectivity index (χ2n) is 7.23. The highest BCUT2D eigenvalue weighted by Crippen LogP contribution is 2.43. The Balaban J connectivity index is 1.97. The normalized spacial score (nSPS) is 17.3. The van der Waals surface area contributed by atoms with E-state index in [9.17, 15) is 29.2 Å². The molecular formula is C24H17FN2O6. The van der Waals surface area contributed by atoms with E-state index in [4.69, 9.17) is 4.74 Å². The van der Waals surface area contributed by atoms with Crippen molar-refractivity contribution >= 4 is 28.8 Å². The molecule has 33 heavy (non-hydrogen) atoms.